The van der Waals surface area contributed by atoms with Crippen LogP contribution in [-0.2, 0) is 4.79 Å². The van der Waals surface area contributed by atoms with Gasteiger partial charge in [-0.05, 0) is 67.9 Å². The van der Waals surface area contributed by atoms with E-state index in [1.807, 2.05) is 36.5 Å². The van der Waals surface area contributed by atoms with Gasteiger partial charge in [0.1, 0.15) is 0 Å². The van der Waals surface area contributed by atoms with Gasteiger partial charge in [0, 0.05) is 30.0 Å². The Morgan fingerprint density at radius 3 is 2.44 bits per heavy atom. The number of benzene rings is 1. The lowest BCUT2D eigenvalue weighted by Gasteiger charge is -2.43. The van der Waals surface area contributed by atoms with E-state index in [2.05, 4.69) is 10.4 Å². The minimum absolute atomic E-state index is 0. The Morgan fingerprint density at radius 2 is 1.84 bits per heavy atom. The lowest BCUT2D eigenvalue weighted by molar-refractivity contribution is -0.122. The van der Waals surface area contributed by atoms with Crippen LogP contribution in [0.2, 0.25) is 0 Å². The molecule has 2 aliphatic carbocycles. The number of fused-ring (bicyclic) bond motifs is 2. The summed E-state index contributed by atoms with van der Waals surface area (Å²) in [7, 11) is 0. The predicted octanol–water partition coefficient (Wildman–Crippen LogP) is 3.39. The summed E-state index contributed by atoms with van der Waals surface area (Å²) in [4.78, 5) is 12.6. The zero-order chi connectivity index (χ0) is 16.5. The first-order valence-electron chi connectivity index (χ1n) is 8.87. The van der Waals surface area contributed by atoms with E-state index in [9.17, 15) is 4.79 Å². The molecule has 1 heterocycles. The first-order valence-corrected chi connectivity index (χ1v) is 8.87. The van der Waals surface area contributed by atoms with E-state index in [1.54, 1.807) is 10.9 Å². The van der Waals surface area contributed by atoms with Crippen LogP contribution in [0.5, 0.6) is 0 Å². The van der Waals surface area contributed by atoms with Crippen LogP contribution < -0.4 is 11.1 Å². The molecule has 0 spiro atoms. The van der Waals surface area contributed by atoms with Crippen LogP contribution in [0.4, 0.5) is 5.69 Å². The molecule has 2 bridgehead atoms. The highest BCUT2D eigenvalue weighted by Crippen LogP contribution is 2.42. The number of rotatable bonds is 3. The SMILES string of the molecule is Cl.NC1C2CCCC1CC(C(=O)Nc1ccc(-n3cccn3)cc1)C2. The third-order valence-corrected chi connectivity index (χ3v) is 5.69. The Hall–Kier alpha value is -1.85. The number of hydrogen-bond donors (Lipinski definition) is 2. The molecule has 5 nitrogen and oxygen atoms in total. The van der Waals surface area contributed by atoms with E-state index >= 15 is 0 Å². The smallest absolute Gasteiger partial charge is 0.227 e. The van der Waals surface area contributed by atoms with E-state index in [0.717, 1.165) is 24.2 Å². The number of anilines is 1. The van der Waals surface area contributed by atoms with Crippen molar-refractivity contribution in [3.63, 3.8) is 0 Å². The average molecular weight is 361 g/mol. The Labute approximate surface area is 154 Å². The van der Waals surface area contributed by atoms with Crippen molar-refractivity contribution in [2.45, 2.75) is 38.1 Å². The van der Waals surface area contributed by atoms with Crippen molar-refractivity contribution in [3.05, 3.63) is 42.7 Å². The molecule has 0 radical (unpaired) electrons. The predicted molar refractivity (Wildman–Crippen MR) is 101 cm³/mol. The number of nitrogens with one attached hydrogen (secondary N) is 1. The van der Waals surface area contributed by atoms with Crippen LogP contribution >= 0.6 is 12.4 Å². The molecule has 6 heteroatoms. The van der Waals surface area contributed by atoms with E-state index in [1.165, 1.54) is 19.3 Å². The van der Waals surface area contributed by atoms with Crippen LogP contribution in [0.3, 0.4) is 0 Å². The van der Waals surface area contributed by atoms with Gasteiger partial charge in [-0.25, -0.2) is 4.68 Å². The largest absolute Gasteiger partial charge is 0.327 e. The van der Waals surface area contributed by atoms with Gasteiger partial charge in [-0.3, -0.25) is 4.79 Å². The van der Waals surface area contributed by atoms with Gasteiger partial charge < -0.3 is 11.1 Å². The fourth-order valence-electron chi connectivity index (χ4n) is 4.37. The Balaban J connectivity index is 0.00000182. The van der Waals surface area contributed by atoms with Crippen LogP contribution in [0.15, 0.2) is 42.7 Å². The average Bonchev–Trinajstić information content (AvgIpc) is 3.09. The van der Waals surface area contributed by atoms with Crippen molar-refractivity contribution in [3.8, 4) is 5.69 Å². The molecule has 2 aromatic rings. The Kier molecular flexibility index (Phi) is 5.45. The van der Waals surface area contributed by atoms with Crippen molar-refractivity contribution in [2.24, 2.45) is 23.5 Å². The van der Waals surface area contributed by atoms with Gasteiger partial charge in [0.25, 0.3) is 0 Å². The summed E-state index contributed by atoms with van der Waals surface area (Å²) < 4.78 is 1.80. The standard InChI is InChI=1S/C19H24N4O.ClH/c20-18-13-3-1-4-14(18)12-15(11-13)19(24)22-16-5-7-17(8-6-16)23-10-2-9-21-23;/h2,5-10,13-15,18H,1,3-4,11-12,20H2,(H,22,24);1H. The molecule has 0 aliphatic heterocycles. The fourth-order valence-corrected chi connectivity index (χ4v) is 4.37. The first-order chi connectivity index (χ1) is 11.7. The monoisotopic (exact) mass is 360 g/mol. The van der Waals surface area contributed by atoms with E-state index in [0.29, 0.717) is 17.9 Å². The number of carbonyl (C=O) groups excluding carboxylic acids is 1. The summed E-state index contributed by atoms with van der Waals surface area (Å²) in [6.45, 7) is 0. The molecule has 0 saturated heterocycles. The van der Waals surface area contributed by atoms with Crippen LogP contribution in [0.25, 0.3) is 5.69 Å². The second-order valence-electron chi connectivity index (χ2n) is 7.18. The van der Waals surface area contributed by atoms with Gasteiger partial charge in [-0.2, -0.15) is 5.10 Å². The third kappa shape index (κ3) is 3.72. The molecule has 3 N–H and O–H groups in total. The number of aromatic nitrogens is 2. The molecule has 1 aromatic carbocycles. The second-order valence-corrected chi connectivity index (χ2v) is 7.18. The van der Waals surface area contributed by atoms with E-state index in [4.69, 9.17) is 5.73 Å². The molecule has 25 heavy (non-hydrogen) atoms. The maximum absolute atomic E-state index is 12.6. The molecule has 4 rings (SSSR count). The van der Waals surface area contributed by atoms with Crippen molar-refractivity contribution in [1.29, 1.82) is 0 Å². The highest BCUT2D eigenvalue weighted by atomic mass is 35.5. The number of hydrogen-bond acceptors (Lipinski definition) is 3. The topological polar surface area (TPSA) is 72.9 Å². The van der Waals surface area contributed by atoms with Crippen molar-refractivity contribution < 1.29 is 4.79 Å². The minimum Gasteiger partial charge on any atom is -0.327 e. The molecule has 1 aromatic heterocycles. The van der Waals surface area contributed by atoms with Gasteiger partial charge in [0.2, 0.25) is 5.91 Å². The minimum atomic E-state index is 0. The van der Waals surface area contributed by atoms with Crippen molar-refractivity contribution in [2.75, 3.05) is 5.32 Å². The number of nitrogens with two attached hydrogens (primary N) is 1. The van der Waals surface area contributed by atoms with Gasteiger partial charge >= 0.3 is 0 Å². The van der Waals surface area contributed by atoms with Crippen molar-refractivity contribution in [1.82, 2.24) is 9.78 Å². The third-order valence-electron chi connectivity index (χ3n) is 5.69. The summed E-state index contributed by atoms with van der Waals surface area (Å²) in [6, 6.07) is 9.99. The maximum Gasteiger partial charge on any atom is 0.227 e. The maximum atomic E-state index is 12.6. The van der Waals surface area contributed by atoms with E-state index < -0.39 is 0 Å². The highest BCUT2D eigenvalue weighted by molar-refractivity contribution is 5.92. The van der Waals surface area contributed by atoms with Gasteiger partial charge in [-0.15, -0.1) is 12.4 Å². The molecular weight excluding hydrogens is 336 g/mol. The summed E-state index contributed by atoms with van der Waals surface area (Å²) in [6.07, 6.45) is 9.16. The highest BCUT2D eigenvalue weighted by Gasteiger charge is 2.40. The molecular formula is C19H25ClN4O. The summed E-state index contributed by atoms with van der Waals surface area (Å²) in [5, 5.41) is 7.29. The molecule has 2 aliphatic rings. The number of amides is 1. The Bertz CT molecular complexity index is 687. The molecule has 134 valence electrons. The van der Waals surface area contributed by atoms with Gasteiger partial charge in [-0.1, -0.05) is 6.42 Å². The number of carbonyl (C=O) groups is 1. The summed E-state index contributed by atoms with van der Waals surface area (Å²) >= 11 is 0. The number of halogens is 1. The van der Waals surface area contributed by atoms with Gasteiger partial charge in [0.15, 0.2) is 0 Å². The molecule has 2 saturated carbocycles. The normalized spacial score (nSPS) is 28.0. The van der Waals surface area contributed by atoms with E-state index in [-0.39, 0.29) is 24.2 Å². The zero-order valence-corrected chi connectivity index (χ0v) is 15.0. The lowest BCUT2D eigenvalue weighted by atomic mass is 9.65. The first kappa shape index (κ1) is 18.0. The molecule has 2 unspecified atom stereocenters. The second kappa shape index (κ2) is 7.58. The quantitative estimate of drug-likeness (QED) is 0.881. The van der Waals surface area contributed by atoms with Gasteiger partial charge in [0.05, 0.1) is 5.69 Å². The summed E-state index contributed by atoms with van der Waals surface area (Å²) in [5.41, 5.74) is 8.15. The molecule has 1 amide bonds. The summed E-state index contributed by atoms with van der Waals surface area (Å²) in [5.74, 6) is 1.29. The lowest BCUT2D eigenvalue weighted by Crippen LogP contribution is -2.48. The molecule has 2 fully saturated rings. The van der Waals surface area contributed by atoms with Crippen LogP contribution in [0, 0.1) is 17.8 Å². The van der Waals surface area contributed by atoms with Crippen molar-refractivity contribution >= 4 is 24.0 Å². The fraction of sp³-hybridized carbons (Fsp3) is 0.474. The molecule has 2 atom stereocenters. The Morgan fingerprint density at radius 1 is 1.16 bits per heavy atom. The number of nitrogens with zero attached hydrogens (tertiary/aromatic N) is 2. The zero-order valence-electron chi connectivity index (χ0n) is 14.2. The van der Waals surface area contributed by atoms with Crippen LogP contribution in [0.1, 0.15) is 32.1 Å². The van der Waals surface area contributed by atoms with Crippen LogP contribution in [-0.4, -0.2) is 21.7 Å².